The van der Waals surface area contributed by atoms with E-state index in [1.165, 1.54) is 5.56 Å². The predicted molar refractivity (Wildman–Crippen MR) is 162 cm³/mol. The standard InChI is InChI=1S/C33H44N4O3/c1-22(2)40-31(38)19-27-25(5)35-21-28(32(27)37-15-12-33(6,7)13-16-37)29-10-9-26(20-36-29)34-14-17-39-30-11-8-23(3)18-24(30)4/h8-11,18,20-22,34H,12-17,19H2,1-7H3. The minimum absolute atomic E-state index is 0.156. The predicted octanol–water partition coefficient (Wildman–Crippen LogP) is 6.68. The van der Waals surface area contributed by atoms with Gasteiger partial charge in [0.15, 0.2) is 0 Å². The highest BCUT2D eigenvalue weighted by atomic mass is 16.5. The van der Waals surface area contributed by atoms with Gasteiger partial charge in [0.2, 0.25) is 0 Å². The lowest BCUT2D eigenvalue weighted by Crippen LogP contribution is -2.38. The molecule has 0 radical (unpaired) electrons. The van der Waals surface area contributed by atoms with Gasteiger partial charge in [-0.15, -0.1) is 0 Å². The summed E-state index contributed by atoms with van der Waals surface area (Å²) in [7, 11) is 0. The van der Waals surface area contributed by atoms with E-state index in [2.05, 4.69) is 55.0 Å². The van der Waals surface area contributed by atoms with E-state index in [4.69, 9.17) is 14.5 Å². The molecule has 0 spiro atoms. The third kappa shape index (κ3) is 7.52. The molecule has 2 aromatic heterocycles. The molecular formula is C33H44N4O3. The highest BCUT2D eigenvalue weighted by Gasteiger charge is 2.30. The van der Waals surface area contributed by atoms with Crippen molar-refractivity contribution >= 4 is 17.3 Å². The van der Waals surface area contributed by atoms with Crippen molar-refractivity contribution in [1.29, 1.82) is 0 Å². The van der Waals surface area contributed by atoms with Gasteiger partial charge in [0, 0.05) is 42.7 Å². The van der Waals surface area contributed by atoms with Crippen LogP contribution in [0.15, 0.2) is 42.7 Å². The summed E-state index contributed by atoms with van der Waals surface area (Å²) in [4.78, 5) is 24.7. The van der Waals surface area contributed by atoms with Crippen LogP contribution in [0.4, 0.5) is 11.4 Å². The number of piperidine rings is 1. The molecule has 0 amide bonds. The number of nitrogens with one attached hydrogen (secondary N) is 1. The molecule has 4 rings (SSSR count). The van der Waals surface area contributed by atoms with Crippen LogP contribution in [0.1, 0.15) is 62.9 Å². The van der Waals surface area contributed by atoms with Crippen molar-refractivity contribution in [3.63, 3.8) is 0 Å². The number of carbonyl (C=O) groups is 1. The largest absolute Gasteiger partial charge is 0.491 e. The number of benzene rings is 1. The van der Waals surface area contributed by atoms with Gasteiger partial charge in [0.25, 0.3) is 0 Å². The SMILES string of the molecule is Cc1ccc(OCCNc2ccc(-c3cnc(C)c(CC(=O)OC(C)C)c3N3CCC(C)(C)CC3)nc2)c(C)c1. The number of hydrogen-bond donors (Lipinski definition) is 1. The summed E-state index contributed by atoms with van der Waals surface area (Å²) in [6, 6.07) is 10.3. The van der Waals surface area contributed by atoms with Gasteiger partial charge in [-0.25, -0.2) is 0 Å². The molecule has 214 valence electrons. The molecule has 0 saturated carbocycles. The number of hydrogen-bond acceptors (Lipinski definition) is 7. The van der Waals surface area contributed by atoms with Gasteiger partial charge in [-0.3, -0.25) is 14.8 Å². The monoisotopic (exact) mass is 544 g/mol. The molecule has 3 aromatic rings. The Morgan fingerprint density at radius 1 is 1.05 bits per heavy atom. The van der Waals surface area contributed by atoms with Gasteiger partial charge < -0.3 is 19.7 Å². The summed E-state index contributed by atoms with van der Waals surface area (Å²) in [5.74, 6) is 0.681. The lowest BCUT2D eigenvalue weighted by Gasteiger charge is -2.40. The van der Waals surface area contributed by atoms with Crippen LogP contribution in [-0.2, 0) is 16.0 Å². The Kier molecular flexibility index (Phi) is 9.33. The van der Waals surface area contributed by atoms with Gasteiger partial charge in [0.05, 0.1) is 35.8 Å². The minimum Gasteiger partial charge on any atom is -0.491 e. The van der Waals surface area contributed by atoms with Crippen molar-refractivity contribution in [3.8, 4) is 17.0 Å². The zero-order chi connectivity index (χ0) is 28.9. The zero-order valence-electron chi connectivity index (χ0n) is 25.1. The summed E-state index contributed by atoms with van der Waals surface area (Å²) in [5, 5.41) is 3.40. The van der Waals surface area contributed by atoms with Crippen molar-refractivity contribution in [1.82, 2.24) is 9.97 Å². The van der Waals surface area contributed by atoms with Crippen LogP contribution in [0.2, 0.25) is 0 Å². The van der Waals surface area contributed by atoms with Crippen LogP contribution < -0.4 is 15.0 Å². The van der Waals surface area contributed by atoms with E-state index in [0.717, 1.165) is 71.1 Å². The van der Waals surface area contributed by atoms with E-state index in [9.17, 15) is 4.79 Å². The van der Waals surface area contributed by atoms with E-state index >= 15 is 0 Å². The molecule has 7 nitrogen and oxygen atoms in total. The molecule has 1 aliphatic rings. The molecule has 0 bridgehead atoms. The fourth-order valence-electron chi connectivity index (χ4n) is 5.15. The summed E-state index contributed by atoms with van der Waals surface area (Å²) in [6.45, 7) is 17.6. The fourth-order valence-corrected chi connectivity index (χ4v) is 5.15. The maximum absolute atomic E-state index is 12.8. The summed E-state index contributed by atoms with van der Waals surface area (Å²) in [5.41, 5.74) is 8.22. The number of anilines is 2. The highest BCUT2D eigenvalue weighted by molar-refractivity contribution is 5.84. The van der Waals surface area contributed by atoms with Crippen LogP contribution in [0, 0.1) is 26.2 Å². The Balaban J connectivity index is 1.52. The molecule has 1 aromatic carbocycles. The molecule has 1 saturated heterocycles. The fraction of sp³-hybridized carbons (Fsp3) is 0.485. The Labute approximate surface area is 239 Å². The minimum atomic E-state index is -0.230. The normalized spacial score (nSPS) is 14.8. The van der Waals surface area contributed by atoms with E-state index in [1.54, 1.807) is 0 Å². The molecule has 1 N–H and O–H groups in total. The molecule has 0 atom stereocenters. The average molecular weight is 545 g/mol. The van der Waals surface area contributed by atoms with Crippen LogP contribution in [0.25, 0.3) is 11.3 Å². The summed E-state index contributed by atoms with van der Waals surface area (Å²) in [6.07, 6.45) is 5.96. The van der Waals surface area contributed by atoms with Gasteiger partial charge in [-0.05, 0) is 76.6 Å². The van der Waals surface area contributed by atoms with Crippen molar-refractivity contribution in [3.05, 3.63) is 65.1 Å². The zero-order valence-corrected chi connectivity index (χ0v) is 25.1. The van der Waals surface area contributed by atoms with Crippen molar-refractivity contribution in [2.24, 2.45) is 5.41 Å². The molecule has 0 aliphatic carbocycles. The molecule has 3 heterocycles. The van der Waals surface area contributed by atoms with E-state index < -0.39 is 0 Å². The number of pyridine rings is 2. The number of ether oxygens (including phenoxy) is 2. The first-order chi connectivity index (χ1) is 19.0. The number of aromatic nitrogens is 2. The maximum Gasteiger partial charge on any atom is 0.310 e. The smallest absolute Gasteiger partial charge is 0.310 e. The van der Waals surface area contributed by atoms with E-state index in [1.807, 2.05) is 51.4 Å². The first-order valence-corrected chi connectivity index (χ1v) is 14.4. The Bertz CT molecular complexity index is 1310. The second-order valence-electron chi connectivity index (χ2n) is 11.9. The molecule has 1 aliphatic heterocycles. The third-order valence-electron chi connectivity index (χ3n) is 7.55. The number of carbonyl (C=O) groups excluding carboxylic acids is 1. The Hall–Kier alpha value is -3.61. The highest BCUT2D eigenvalue weighted by Crippen LogP contribution is 2.39. The Morgan fingerprint density at radius 2 is 1.80 bits per heavy atom. The summed E-state index contributed by atoms with van der Waals surface area (Å²) < 4.78 is 11.5. The second-order valence-corrected chi connectivity index (χ2v) is 11.9. The second kappa shape index (κ2) is 12.7. The number of aryl methyl sites for hydroxylation is 3. The maximum atomic E-state index is 12.8. The van der Waals surface area contributed by atoms with Crippen LogP contribution in [0.3, 0.4) is 0 Å². The van der Waals surface area contributed by atoms with Gasteiger partial charge in [-0.1, -0.05) is 31.5 Å². The number of esters is 1. The van der Waals surface area contributed by atoms with Gasteiger partial charge in [-0.2, -0.15) is 0 Å². The van der Waals surface area contributed by atoms with E-state index in [-0.39, 0.29) is 18.5 Å². The molecule has 7 heteroatoms. The molecular weight excluding hydrogens is 500 g/mol. The van der Waals surface area contributed by atoms with Crippen LogP contribution >= 0.6 is 0 Å². The first-order valence-electron chi connectivity index (χ1n) is 14.4. The summed E-state index contributed by atoms with van der Waals surface area (Å²) >= 11 is 0. The van der Waals surface area contributed by atoms with Crippen molar-refractivity contribution in [2.75, 3.05) is 36.5 Å². The molecule has 1 fully saturated rings. The number of rotatable bonds is 10. The molecule has 0 unspecified atom stereocenters. The van der Waals surface area contributed by atoms with Crippen LogP contribution in [-0.4, -0.2) is 48.3 Å². The van der Waals surface area contributed by atoms with Crippen molar-refractivity contribution in [2.45, 2.75) is 73.8 Å². The lowest BCUT2D eigenvalue weighted by molar-refractivity contribution is -0.146. The topological polar surface area (TPSA) is 76.6 Å². The molecule has 40 heavy (non-hydrogen) atoms. The van der Waals surface area contributed by atoms with Gasteiger partial charge >= 0.3 is 5.97 Å². The van der Waals surface area contributed by atoms with Gasteiger partial charge in [0.1, 0.15) is 12.4 Å². The number of nitrogens with zero attached hydrogens (tertiary/aromatic N) is 3. The quantitative estimate of drug-likeness (QED) is 0.225. The Morgan fingerprint density at radius 3 is 2.45 bits per heavy atom. The average Bonchev–Trinajstić information content (AvgIpc) is 2.89. The third-order valence-corrected chi connectivity index (χ3v) is 7.55. The van der Waals surface area contributed by atoms with Crippen LogP contribution in [0.5, 0.6) is 5.75 Å². The van der Waals surface area contributed by atoms with Crippen molar-refractivity contribution < 1.29 is 14.3 Å². The van der Waals surface area contributed by atoms with E-state index in [0.29, 0.717) is 18.6 Å². The first kappa shape index (κ1) is 29.4. The lowest BCUT2D eigenvalue weighted by atomic mass is 9.82.